The Morgan fingerprint density at radius 2 is 1.86 bits per heavy atom. The van der Waals surface area contributed by atoms with Crippen LogP contribution in [0.3, 0.4) is 0 Å². The number of anilines is 1. The van der Waals surface area contributed by atoms with Gasteiger partial charge in [0.2, 0.25) is 0 Å². The van der Waals surface area contributed by atoms with Crippen LogP contribution >= 0.6 is 0 Å². The van der Waals surface area contributed by atoms with E-state index >= 15 is 0 Å². The lowest BCUT2D eigenvalue weighted by molar-refractivity contribution is 0.315. The Bertz CT molecular complexity index is 1020. The molecule has 0 atom stereocenters. The summed E-state index contributed by atoms with van der Waals surface area (Å²) in [5.74, 6) is 1.80. The minimum Gasteiger partial charge on any atom is -0.507 e. The van der Waals surface area contributed by atoms with Crippen molar-refractivity contribution in [3.05, 3.63) is 59.8 Å². The molecule has 0 aliphatic rings. The number of nitrogens with zero attached hydrogens (tertiary/aromatic N) is 4. The lowest BCUT2D eigenvalue weighted by atomic mass is 10.2. The monoisotopic (exact) mass is 392 g/mol. The highest BCUT2D eigenvalue weighted by atomic mass is 16.5. The molecule has 29 heavy (non-hydrogen) atoms. The number of aryl methyl sites for hydroxylation is 1. The van der Waals surface area contributed by atoms with Crippen LogP contribution in [0.1, 0.15) is 24.6 Å². The summed E-state index contributed by atoms with van der Waals surface area (Å²) in [7, 11) is 1.75. The van der Waals surface area contributed by atoms with Crippen LogP contribution in [-0.2, 0) is 0 Å². The Labute approximate surface area is 170 Å². The zero-order chi connectivity index (χ0) is 20.8. The quantitative estimate of drug-likeness (QED) is 0.464. The van der Waals surface area contributed by atoms with Crippen molar-refractivity contribution in [1.29, 1.82) is 0 Å². The summed E-state index contributed by atoms with van der Waals surface area (Å²) in [6.07, 6.45) is 2.45. The van der Waals surface area contributed by atoms with Crippen molar-refractivity contribution in [1.82, 2.24) is 9.97 Å². The number of para-hydroxylation sites is 1. The van der Waals surface area contributed by atoms with E-state index in [9.17, 15) is 10.2 Å². The van der Waals surface area contributed by atoms with Crippen molar-refractivity contribution in [3.63, 3.8) is 0 Å². The molecule has 0 aliphatic carbocycles. The summed E-state index contributed by atoms with van der Waals surface area (Å²) in [4.78, 5) is 8.92. The molecule has 0 bridgehead atoms. The smallest absolute Gasteiger partial charge is 0.165 e. The predicted molar refractivity (Wildman–Crippen MR) is 114 cm³/mol. The van der Waals surface area contributed by atoms with E-state index in [4.69, 9.17) is 4.74 Å². The van der Waals surface area contributed by atoms with Crippen molar-refractivity contribution in [2.24, 2.45) is 5.10 Å². The maximum atomic E-state index is 10.2. The second-order valence-corrected chi connectivity index (χ2v) is 6.55. The van der Waals surface area contributed by atoms with Gasteiger partial charge < -0.3 is 14.9 Å². The van der Waals surface area contributed by atoms with Gasteiger partial charge in [-0.3, -0.25) is 5.01 Å². The molecular weight excluding hydrogens is 368 g/mol. The molecule has 0 amide bonds. The first-order chi connectivity index (χ1) is 14.0. The Morgan fingerprint density at radius 1 is 1.07 bits per heavy atom. The molecule has 1 heterocycles. The van der Waals surface area contributed by atoms with Crippen LogP contribution < -0.4 is 9.75 Å². The number of phenolic OH excluding ortho intramolecular Hbond substituents is 2. The van der Waals surface area contributed by atoms with Crippen LogP contribution in [0.15, 0.2) is 53.6 Å². The number of benzene rings is 2. The van der Waals surface area contributed by atoms with Gasteiger partial charge in [0, 0.05) is 30.4 Å². The second-order valence-electron chi connectivity index (χ2n) is 6.55. The number of phenols is 2. The standard InChI is InChI=1S/C22H24N4O3/c1-4-11-29-17-10-9-16(20(28)13-17)14-23-26(3)21-12-15(2)24-22(25-21)18-7-5-6-8-19(18)27/h5-10,12-14,27-28H,4,11H2,1-3H3/b23-14+. The van der Waals surface area contributed by atoms with Crippen molar-refractivity contribution >= 4 is 12.0 Å². The number of rotatable bonds is 7. The molecular formula is C22H24N4O3. The maximum absolute atomic E-state index is 10.2. The Morgan fingerprint density at radius 3 is 2.59 bits per heavy atom. The molecule has 150 valence electrons. The van der Waals surface area contributed by atoms with E-state index in [0.717, 1.165) is 12.1 Å². The molecule has 1 aromatic heterocycles. The lowest BCUT2D eigenvalue weighted by Crippen LogP contribution is -2.12. The Kier molecular flexibility index (Phi) is 6.29. The van der Waals surface area contributed by atoms with Gasteiger partial charge in [0.05, 0.1) is 18.4 Å². The Balaban J connectivity index is 1.82. The lowest BCUT2D eigenvalue weighted by Gasteiger charge is -2.14. The van der Waals surface area contributed by atoms with Gasteiger partial charge in [0.25, 0.3) is 0 Å². The Hall–Kier alpha value is -3.61. The van der Waals surface area contributed by atoms with Gasteiger partial charge in [-0.25, -0.2) is 9.97 Å². The van der Waals surface area contributed by atoms with Crippen LogP contribution in [0.5, 0.6) is 17.2 Å². The predicted octanol–water partition coefficient (Wildman–Crippen LogP) is 4.12. The van der Waals surface area contributed by atoms with Crippen molar-refractivity contribution in [3.8, 4) is 28.6 Å². The SMILES string of the molecule is CCCOc1ccc(/C=N/N(C)c2cc(C)nc(-c3ccccc3O)n2)c(O)c1. The summed E-state index contributed by atoms with van der Waals surface area (Å²) in [5, 5.41) is 26.2. The number of ether oxygens (including phenoxy) is 1. The average molecular weight is 392 g/mol. The number of hydrogen-bond acceptors (Lipinski definition) is 7. The first-order valence-electron chi connectivity index (χ1n) is 9.35. The van der Waals surface area contributed by atoms with E-state index in [0.29, 0.717) is 35.1 Å². The van der Waals surface area contributed by atoms with E-state index in [1.165, 1.54) is 0 Å². The van der Waals surface area contributed by atoms with Crippen molar-refractivity contribution < 1.29 is 14.9 Å². The molecule has 2 N–H and O–H groups in total. The van der Waals surface area contributed by atoms with Crippen LogP contribution in [-0.4, -0.2) is 40.1 Å². The van der Waals surface area contributed by atoms with E-state index in [-0.39, 0.29) is 11.5 Å². The van der Waals surface area contributed by atoms with Crippen LogP contribution in [0.2, 0.25) is 0 Å². The molecule has 0 radical (unpaired) electrons. The normalized spacial score (nSPS) is 11.0. The number of hydrogen-bond donors (Lipinski definition) is 2. The van der Waals surface area contributed by atoms with Gasteiger partial charge in [-0.15, -0.1) is 0 Å². The van der Waals surface area contributed by atoms with E-state index in [2.05, 4.69) is 15.1 Å². The molecule has 0 spiro atoms. The zero-order valence-electron chi connectivity index (χ0n) is 16.7. The van der Waals surface area contributed by atoms with Gasteiger partial charge in [-0.05, 0) is 37.6 Å². The highest BCUT2D eigenvalue weighted by Gasteiger charge is 2.11. The minimum atomic E-state index is 0.0875. The fraction of sp³-hybridized carbons (Fsp3) is 0.227. The second kappa shape index (κ2) is 9.05. The zero-order valence-corrected chi connectivity index (χ0v) is 16.7. The average Bonchev–Trinajstić information content (AvgIpc) is 2.71. The third-order valence-corrected chi connectivity index (χ3v) is 4.16. The summed E-state index contributed by atoms with van der Waals surface area (Å²) in [6, 6.07) is 13.8. The molecule has 0 unspecified atom stereocenters. The third-order valence-electron chi connectivity index (χ3n) is 4.16. The summed E-state index contributed by atoms with van der Waals surface area (Å²) in [5.41, 5.74) is 1.86. The first-order valence-corrected chi connectivity index (χ1v) is 9.35. The molecule has 0 saturated carbocycles. The van der Waals surface area contributed by atoms with Gasteiger partial charge in [0.1, 0.15) is 17.2 Å². The van der Waals surface area contributed by atoms with Gasteiger partial charge in [-0.2, -0.15) is 5.10 Å². The van der Waals surface area contributed by atoms with Gasteiger partial charge in [-0.1, -0.05) is 19.1 Å². The molecule has 0 saturated heterocycles. The summed E-state index contributed by atoms with van der Waals surface area (Å²) in [6.45, 7) is 4.48. The van der Waals surface area contributed by atoms with Crippen LogP contribution in [0.4, 0.5) is 5.82 Å². The topological polar surface area (TPSA) is 91.1 Å². The van der Waals surface area contributed by atoms with Gasteiger partial charge in [0.15, 0.2) is 11.6 Å². The molecule has 7 heteroatoms. The first kappa shape index (κ1) is 20.1. The van der Waals surface area contributed by atoms with Crippen molar-refractivity contribution in [2.45, 2.75) is 20.3 Å². The maximum Gasteiger partial charge on any atom is 0.165 e. The number of aromatic nitrogens is 2. The van der Waals surface area contributed by atoms with Crippen molar-refractivity contribution in [2.75, 3.05) is 18.7 Å². The fourth-order valence-electron chi connectivity index (χ4n) is 2.65. The van der Waals surface area contributed by atoms with E-state index in [1.807, 2.05) is 19.9 Å². The van der Waals surface area contributed by atoms with E-state index in [1.54, 1.807) is 60.7 Å². The van der Waals surface area contributed by atoms with Gasteiger partial charge >= 0.3 is 0 Å². The third kappa shape index (κ3) is 5.01. The molecule has 3 aromatic rings. The summed E-state index contributed by atoms with van der Waals surface area (Å²) >= 11 is 0. The molecule has 0 fully saturated rings. The summed E-state index contributed by atoms with van der Waals surface area (Å²) < 4.78 is 5.51. The molecule has 3 rings (SSSR count). The highest BCUT2D eigenvalue weighted by Crippen LogP contribution is 2.27. The number of hydrazone groups is 1. The van der Waals surface area contributed by atoms with Crippen LogP contribution in [0, 0.1) is 6.92 Å². The van der Waals surface area contributed by atoms with Crippen LogP contribution in [0.25, 0.3) is 11.4 Å². The number of aromatic hydroxyl groups is 2. The molecule has 2 aromatic carbocycles. The highest BCUT2D eigenvalue weighted by molar-refractivity contribution is 5.84. The van der Waals surface area contributed by atoms with E-state index < -0.39 is 0 Å². The largest absolute Gasteiger partial charge is 0.507 e. The fourth-order valence-corrected chi connectivity index (χ4v) is 2.65. The minimum absolute atomic E-state index is 0.0875. The molecule has 7 nitrogen and oxygen atoms in total. The molecule has 0 aliphatic heterocycles.